The number of carbonyl (C=O) groups excluding carboxylic acids is 1. The number of likely N-dealkylation sites (N-methyl/N-ethyl adjacent to an activating group) is 1. The molecule has 0 fully saturated rings. The highest BCUT2D eigenvalue weighted by Gasteiger charge is 2.38. The Morgan fingerprint density at radius 3 is 2.50 bits per heavy atom. The Labute approximate surface area is 144 Å². The molecule has 2 aromatic rings. The SMILES string of the molecule is CCNc1ccccc1C(=O)C=C1N(C)c2ccccc2C1(C)C. The smallest absolute Gasteiger partial charge is 0.189 e. The predicted molar refractivity (Wildman–Crippen MR) is 101 cm³/mol. The van der Waals surface area contributed by atoms with Gasteiger partial charge in [-0.3, -0.25) is 4.79 Å². The second-order valence-electron chi connectivity index (χ2n) is 6.67. The van der Waals surface area contributed by atoms with Crippen molar-refractivity contribution in [2.45, 2.75) is 26.2 Å². The molecule has 0 saturated heterocycles. The second kappa shape index (κ2) is 6.16. The lowest BCUT2D eigenvalue weighted by Crippen LogP contribution is -2.24. The van der Waals surface area contributed by atoms with Gasteiger partial charge in [0, 0.05) is 47.7 Å². The van der Waals surface area contributed by atoms with E-state index >= 15 is 0 Å². The molecule has 0 amide bonds. The first-order valence-electron chi connectivity index (χ1n) is 8.39. The standard InChI is InChI=1S/C21H24N2O/c1-5-22-17-12-8-6-10-15(17)19(24)14-20-21(2,3)16-11-7-9-13-18(16)23(20)4/h6-14,22H,5H2,1-4H3. The number of rotatable bonds is 4. The van der Waals surface area contributed by atoms with Gasteiger partial charge in [0.05, 0.1) is 0 Å². The summed E-state index contributed by atoms with van der Waals surface area (Å²) in [6, 6.07) is 16.0. The van der Waals surface area contributed by atoms with Gasteiger partial charge in [0.1, 0.15) is 0 Å². The van der Waals surface area contributed by atoms with E-state index in [0.29, 0.717) is 5.56 Å². The summed E-state index contributed by atoms with van der Waals surface area (Å²) in [6.07, 6.45) is 1.79. The molecule has 2 aromatic carbocycles. The minimum atomic E-state index is -0.186. The van der Waals surface area contributed by atoms with E-state index in [1.807, 2.05) is 44.3 Å². The fourth-order valence-corrected chi connectivity index (χ4v) is 3.50. The van der Waals surface area contributed by atoms with Gasteiger partial charge in [0.15, 0.2) is 5.78 Å². The number of fused-ring (bicyclic) bond motifs is 1. The van der Waals surface area contributed by atoms with Crippen LogP contribution in [0.15, 0.2) is 60.3 Å². The Balaban J connectivity index is 2.02. The van der Waals surface area contributed by atoms with Crippen molar-refractivity contribution < 1.29 is 4.79 Å². The van der Waals surface area contributed by atoms with E-state index in [4.69, 9.17) is 0 Å². The zero-order valence-corrected chi connectivity index (χ0v) is 14.8. The molecule has 0 unspecified atom stereocenters. The minimum Gasteiger partial charge on any atom is -0.385 e. The van der Waals surface area contributed by atoms with Crippen LogP contribution in [-0.4, -0.2) is 19.4 Å². The average Bonchev–Trinajstić information content (AvgIpc) is 2.77. The minimum absolute atomic E-state index is 0.0364. The van der Waals surface area contributed by atoms with Crippen molar-refractivity contribution in [1.82, 2.24) is 0 Å². The Hall–Kier alpha value is -2.55. The summed E-state index contributed by atoms with van der Waals surface area (Å²) in [5.74, 6) is 0.0364. The highest BCUT2D eigenvalue weighted by molar-refractivity contribution is 6.09. The van der Waals surface area contributed by atoms with Crippen molar-refractivity contribution in [3.63, 3.8) is 0 Å². The monoisotopic (exact) mass is 320 g/mol. The van der Waals surface area contributed by atoms with Crippen LogP contribution in [0.1, 0.15) is 36.7 Å². The molecule has 0 saturated carbocycles. The average molecular weight is 320 g/mol. The molecular weight excluding hydrogens is 296 g/mol. The van der Waals surface area contributed by atoms with Crippen LogP contribution in [0.2, 0.25) is 0 Å². The summed E-state index contributed by atoms with van der Waals surface area (Å²) in [7, 11) is 2.03. The molecule has 1 aliphatic heterocycles. The predicted octanol–water partition coefficient (Wildman–Crippen LogP) is 4.61. The Morgan fingerprint density at radius 1 is 1.12 bits per heavy atom. The number of hydrogen-bond donors (Lipinski definition) is 1. The number of allylic oxidation sites excluding steroid dienone is 2. The maximum absolute atomic E-state index is 12.9. The lowest BCUT2D eigenvalue weighted by molar-refractivity contribution is 0.104. The van der Waals surface area contributed by atoms with Crippen molar-refractivity contribution in [3.05, 3.63) is 71.4 Å². The van der Waals surface area contributed by atoms with Gasteiger partial charge in [0.25, 0.3) is 0 Å². The number of ketones is 1. The molecule has 3 nitrogen and oxygen atoms in total. The van der Waals surface area contributed by atoms with Gasteiger partial charge < -0.3 is 10.2 Å². The third-order valence-corrected chi connectivity index (χ3v) is 4.77. The zero-order valence-electron chi connectivity index (χ0n) is 14.8. The Bertz CT molecular complexity index is 805. The summed E-state index contributed by atoms with van der Waals surface area (Å²) in [5.41, 5.74) is 4.87. The molecule has 0 radical (unpaired) electrons. The number of anilines is 2. The molecule has 1 N–H and O–H groups in total. The lowest BCUT2D eigenvalue weighted by Gasteiger charge is -2.24. The van der Waals surface area contributed by atoms with Crippen molar-refractivity contribution in [2.75, 3.05) is 23.8 Å². The van der Waals surface area contributed by atoms with Gasteiger partial charge in [-0.2, -0.15) is 0 Å². The largest absolute Gasteiger partial charge is 0.385 e. The molecule has 3 heteroatoms. The highest BCUT2D eigenvalue weighted by atomic mass is 16.1. The topological polar surface area (TPSA) is 32.3 Å². The molecule has 1 aliphatic rings. The Morgan fingerprint density at radius 2 is 1.79 bits per heavy atom. The summed E-state index contributed by atoms with van der Waals surface area (Å²) >= 11 is 0. The molecular formula is C21H24N2O. The molecule has 0 aromatic heterocycles. The zero-order chi connectivity index (χ0) is 17.3. The number of carbonyl (C=O) groups is 1. The van der Waals surface area contributed by atoms with Gasteiger partial charge in [0.2, 0.25) is 0 Å². The van der Waals surface area contributed by atoms with Crippen molar-refractivity contribution in [1.29, 1.82) is 0 Å². The summed E-state index contributed by atoms with van der Waals surface area (Å²) in [6.45, 7) is 7.16. The number of nitrogens with zero attached hydrogens (tertiary/aromatic N) is 1. The van der Waals surface area contributed by atoms with E-state index in [9.17, 15) is 4.79 Å². The van der Waals surface area contributed by atoms with Gasteiger partial charge in [-0.15, -0.1) is 0 Å². The number of benzene rings is 2. The van der Waals surface area contributed by atoms with Crippen molar-refractivity contribution in [3.8, 4) is 0 Å². The molecule has 3 rings (SSSR count). The van der Waals surface area contributed by atoms with Gasteiger partial charge in [-0.25, -0.2) is 0 Å². The first kappa shape index (κ1) is 16.3. The van der Waals surface area contributed by atoms with Crippen LogP contribution in [0, 0.1) is 0 Å². The maximum atomic E-state index is 12.9. The van der Waals surface area contributed by atoms with Gasteiger partial charge in [-0.1, -0.05) is 44.2 Å². The fraction of sp³-hybridized carbons (Fsp3) is 0.286. The van der Waals surface area contributed by atoms with E-state index in [0.717, 1.165) is 17.9 Å². The van der Waals surface area contributed by atoms with Crippen LogP contribution in [-0.2, 0) is 5.41 Å². The molecule has 0 atom stereocenters. The normalized spacial score (nSPS) is 17.0. The van der Waals surface area contributed by atoms with Crippen molar-refractivity contribution in [2.24, 2.45) is 0 Å². The molecule has 124 valence electrons. The third kappa shape index (κ3) is 2.60. The van der Waals surface area contributed by atoms with E-state index < -0.39 is 0 Å². The van der Waals surface area contributed by atoms with Crippen LogP contribution < -0.4 is 10.2 Å². The van der Waals surface area contributed by atoms with Crippen LogP contribution in [0.3, 0.4) is 0 Å². The van der Waals surface area contributed by atoms with Gasteiger partial charge >= 0.3 is 0 Å². The Kier molecular flexibility index (Phi) is 4.18. The number of para-hydroxylation sites is 2. The van der Waals surface area contributed by atoms with E-state index in [-0.39, 0.29) is 11.2 Å². The molecule has 1 heterocycles. The molecule has 0 bridgehead atoms. The van der Waals surface area contributed by atoms with Crippen molar-refractivity contribution >= 4 is 17.2 Å². The third-order valence-electron chi connectivity index (χ3n) is 4.77. The second-order valence-corrected chi connectivity index (χ2v) is 6.67. The first-order chi connectivity index (χ1) is 11.5. The quantitative estimate of drug-likeness (QED) is 0.659. The highest BCUT2D eigenvalue weighted by Crippen LogP contribution is 2.46. The summed E-state index contributed by atoms with van der Waals surface area (Å²) in [4.78, 5) is 15.1. The lowest BCUT2D eigenvalue weighted by atomic mass is 9.83. The van der Waals surface area contributed by atoms with E-state index in [1.54, 1.807) is 6.08 Å². The summed E-state index contributed by atoms with van der Waals surface area (Å²) < 4.78 is 0. The molecule has 0 aliphatic carbocycles. The van der Waals surface area contributed by atoms with E-state index in [1.165, 1.54) is 11.3 Å². The van der Waals surface area contributed by atoms with Crippen LogP contribution in [0.25, 0.3) is 0 Å². The maximum Gasteiger partial charge on any atom is 0.189 e. The van der Waals surface area contributed by atoms with E-state index in [2.05, 4.69) is 42.3 Å². The number of hydrogen-bond acceptors (Lipinski definition) is 3. The number of nitrogens with one attached hydrogen (secondary N) is 1. The molecule has 24 heavy (non-hydrogen) atoms. The summed E-state index contributed by atoms with van der Waals surface area (Å²) in [5, 5.41) is 3.27. The van der Waals surface area contributed by atoms with Gasteiger partial charge in [-0.05, 0) is 30.7 Å². The van der Waals surface area contributed by atoms with Crippen LogP contribution in [0.5, 0.6) is 0 Å². The fourth-order valence-electron chi connectivity index (χ4n) is 3.50. The van der Waals surface area contributed by atoms with Crippen LogP contribution >= 0.6 is 0 Å². The molecule has 0 spiro atoms. The first-order valence-corrected chi connectivity index (χ1v) is 8.39. The van der Waals surface area contributed by atoms with Crippen LogP contribution in [0.4, 0.5) is 11.4 Å².